The highest BCUT2D eigenvalue weighted by atomic mass is 35.5. The third-order valence-electron chi connectivity index (χ3n) is 5.61. The van der Waals surface area contributed by atoms with Crippen molar-refractivity contribution in [3.8, 4) is 0 Å². The zero-order chi connectivity index (χ0) is 25.3. The van der Waals surface area contributed by atoms with Gasteiger partial charge in [0.25, 0.3) is 0 Å². The van der Waals surface area contributed by atoms with Crippen LogP contribution in [0.4, 0.5) is 5.69 Å². The minimum Gasteiger partial charge on any atom is -0.352 e. The summed E-state index contributed by atoms with van der Waals surface area (Å²) < 4.78 is 25.9. The van der Waals surface area contributed by atoms with Crippen LogP contribution < -0.4 is 9.62 Å². The second kappa shape index (κ2) is 12.8. The zero-order valence-electron chi connectivity index (χ0n) is 20.2. The molecule has 0 aliphatic heterocycles. The third-order valence-corrected chi connectivity index (χ3v) is 7.04. The average molecular weight is 508 g/mol. The van der Waals surface area contributed by atoms with Gasteiger partial charge in [0.1, 0.15) is 6.04 Å². The molecule has 0 bridgehead atoms. The van der Waals surface area contributed by atoms with Gasteiger partial charge < -0.3 is 10.2 Å². The SMILES string of the molecule is CC[C@H](C)NC(=O)[C@H](C)N(Cc1cccc(Cl)c1)C(=O)CCCN(c1ccccc1)S(C)(=O)=O. The van der Waals surface area contributed by atoms with E-state index in [1.165, 1.54) is 9.21 Å². The molecule has 0 unspecified atom stereocenters. The van der Waals surface area contributed by atoms with E-state index in [4.69, 9.17) is 11.6 Å². The molecule has 0 aromatic heterocycles. The highest BCUT2D eigenvalue weighted by Crippen LogP contribution is 2.19. The average Bonchev–Trinajstić information content (AvgIpc) is 2.79. The molecule has 0 spiro atoms. The Hall–Kier alpha value is -2.58. The lowest BCUT2D eigenvalue weighted by atomic mass is 10.1. The molecule has 0 fully saturated rings. The Kier molecular flexibility index (Phi) is 10.4. The van der Waals surface area contributed by atoms with E-state index in [1.807, 2.05) is 26.0 Å². The van der Waals surface area contributed by atoms with Crippen molar-refractivity contribution in [2.75, 3.05) is 17.1 Å². The van der Waals surface area contributed by atoms with Crippen LogP contribution in [0.25, 0.3) is 0 Å². The Morgan fingerprint density at radius 2 is 1.74 bits per heavy atom. The smallest absolute Gasteiger partial charge is 0.242 e. The van der Waals surface area contributed by atoms with E-state index in [0.29, 0.717) is 17.1 Å². The Bertz CT molecular complexity index is 1060. The van der Waals surface area contributed by atoms with Gasteiger partial charge in [-0.05, 0) is 56.5 Å². The number of rotatable bonds is 12. The fourth-order valence-electron chi connectivity index (χ4n) is 3.48. The van der Waals surface area contributed by atoms with Gasteiger partial charge in [-0.1, -0.05) is 48.9 Å². The fraction of sp³-hybridized carbons (Fsp3) is 0.440. The number of carbonyl (C=O) groups is 2. The first-order chi connectivity index (χ1) is 16.0. The van der Waals surface area contributed by atoms with Crippen molar-refractivity contribution in [1.82, 2.24) is 10.2 Å². The van der Waals surface area contributed by atoms with Crippen molar-refractivity contribution in [1.29, 1.82) is 0 Å². The molecule has 186 valence electrons. The Balaban J connectivity index is 2.15. The molecule has 9 heteroatoms. The molecule has 2 amide bonds. The van der Waals surface area contributed by atoms with Gasteiger partial charge in [0, 0.05) is 30.6 Å². The summed E-state index contributed by atoms with van der Waals surface area (Å²) in [5.74, 6) is -0.458. The van der Waals surface area contributed by atoms with Crippen molar-refractivity contribution < 1.29 is 18.0 Å². The molecule has 0 saturated heterocycles. The first-order valence-corrected chi connectivity index (χ1v) is 13.6. The van der Waals surface area contributed by atoms with Crippen LogP contribution in [0.1, 0.15) is 45.6 Å². The van der Waals surface area contributed by atoms with Crippen molar-refractivity contribution in [2.24, 2.45) is 0 Å². The molecule has 7 nitrogen and oxygen atoms in total. The van der Waals surface area contributed by atoms with Gasteiger partial charge in [-0.3, -0.25) is 13.9 Å². The van der Waals surface area contributed by atoms with Crippen LogP contribution in [-0.4, -0.2) is 50.0 Å². The lowest BCUT2D eigenvalue weighted by molar-refractivity contribution is -0.140. The minimum atomic E-state index is -3.51. The molecule has 2 atom stereocenters. The molecule has 0 saturated carbocycles. The molecular weight excluding hydrogens is 474 g/mol. The largest absolute Gasteiger partial charge is 0.352 e. The third kappa shape index (κ3) is 8.33. The summed E-state index contributed by atoms with van der Waals surface area (Å²) >= 11 is 6.11. The van der Waals surface area contributed by atoms with Gasteiger partial charge >= 0.3 is 0 Å². The molecule has 2 aromatic carbocycles. The summed E-state index contributed by atoms with van der Waals surface area (Å²) in [7, 11) is -3.51. The number of carbonyl (C=O) groups excluding carboxylic acids is 2. The number of nitrogens with one attached hydrogen (secondary N) is 1. The number of nitrogens with zero attached hydrogens (tertiary/aromatic N) is 2. The van der Waals surface area contributed by atoms with E-state index >= 15 is 0 Å². The number of anilines is 1. The molecule has 1 N–H and O–H groups in total. The summed E-state index contributed by atoms with van der Waals surface area (Å²) in [6, 6.07) is 15.2. The topological polar surface area (TPSA) is 86.8 Å². The summed E-state index contributed by atoms with van der Waals surface area (Å²) in [6.07, 6.45) is 2.34. The number of benzene rings is 2. The van der Waals surface area contributed by atoms with Gasteiger partial charge in [0.05, 0.1) is 11.9 Å². The number of halogens is 1. The van der Waals surface area contributed by atoms with E-state index in [0.717, 1.165) is 18.2 Å². The van der Waals surface area contributed by atoms with Gasteiger partial charge in [-0.25, -0.2) is 8.42 Å². The van der Waals surface area contributed by atoms with Crippen LogP contribution >= 0.6 is 11.6 Å². The van der Waals surface area contributed by atoms with Gasteiger partial charge in [0.15, 0.2) is 0 Å². The molecular formula is C25H34ClN3O4S. The summed E-state index contributed by atoms with van der Waals surface area (Å²) in [4.78, 5) is 27.6. The lowest BCUT2D eigenvalue weighted by Crippen LogP contribution is -2.49. The van der Waals surface area contributed by atoms with E-state index in [9.17, 15) is 18.0 Å². The molecule has 34 heavy (non-hydrogen) atoms. The van der Waals surface area contributed by atoms with Gasteiger partial charge in [-0.2, -0.15) is 0 Å². The Labute approximate surface area is 208 Å². The van der Waals surface area contributed by atoms with Crippen LogP contribution in [0.15, 0.2) is 54.6 Å². The van der Waals surface area contributed by atoms with Crippen molar-refractivity contribution in [3.05, 3.63) is 65.2 Å². The van der Waals surface area contributed by atoms with Gasteiger partial charge in [0.2, 0.25) is 21.8 Å². The predicted octanol–water partition coefficient (Wildman–Crippen LogP) is 4.22. The maximum Gasteiger partial charge on any atom is 0.242 e. The maximum atomic E-state index is 13.2. The lowest BCUT2D eigenvalue weighted by Gasteiger charge is -2.30. The second-order valence-corrected chi connectivity index (χ2v) is 10.8. The minimum absolute atomic E-state index is 0.00716. The van der Waals surface area contributed by atoms with Crippen LogP contribution in [0, 0.1) is 0 Å². The monoisotopic (exact) mass is 507 g/mol. The quantitative estimate of drug-likeness (QED) is 0.466. The summed E-state index contributed by atoms with van der Waals surface area (Å²) in [6.45, 7) is 5.98. The molecule has 0 radical (unpaired) electrons. The predicted molar refractivity (Wildman–Crippen MR) is 137 cm³/mol. The maximum absolute atomic E-state index is 13.2. The number of amides is 2. The molecule has 0 aliphatic carbocycles. The normalized spacial score (nSPS) is 13.1. The van der Waals surface area contributed by atoms with Crippen LogP contribution in [-0.2, 0) is 26.2 Å². The Morgan fingerprint density at radius 3 is 2.32 bits per heavy atom. The number of para-hydroxylation sites is 1. The number of hydrogen-bond acceptors (Lipinski definition) is 4. The standard InChI is InChI=1S/C25H34ClN3O4S/c1-5-19(2)27-25(31)20(3)28(18-21-11-9-12-22(26)17-21)24(30)15-10-16-29(34(4,32)33)23-13-7-6-8-14-23/h6-9,11-14,17,19-20H,5,10,15-16,18H2,1-4H3,(H,27,31)/t19-,20-/m0/s1. The van der Waals surface area contributed by atoms with Crippen LogP contribution in [0.3, 0.4) is 0 Å². The van der Waals surface area contributed by atoms with E-state index in [2.05, 4.69) is 5.32 Å². The van der Waals surface area contributed by atoms with E-state index < -0.39 is 16.1 Å². The summed E-state index contributed by atoms with van der Waals surface area (Å²) in [5, 5.41) is 3.48. The van der Waals surface area contributed by atoms with Crippen LogP contribution in [0.2, 0.25) is 5.02 Å². The van der Waals surface area contributed by atoms with E-state index in [1.54, 1.807) is 49.4 Å². The number of sulfonamides is 1. The first kappa shape index (κ1) is 27.7. The van der Waals surface area contributed by atoms with Crippen molar-refractivity contribution >= 4 is 39.1 Å². The summed E-state index contributed by atoms with van der Waals surface area (Å²) in [5.41, 5.74) is 1.36. The zero-order valence-corrected chi connectivity index (χ0v) is 21.8. The Morgan fingerprint density at radius 1 is 1.06 bits per heavy atom. The molecule has 2 aromatic rings. The van der Waals surface area contributed by atoms with Crippen molar-refractivity contribution in [3.63, 3.8) is 0 Å². The first-order valence-electron chi connectivity index (χ1n) is 11.4. The number of hydrogen-bond donors (Lipinski definition) is 1. The van der Waals surface area contributed by atoms with Crippen molar-refractivity contribution in [2.45, 2.75) is 58.7 Å². The highest BCUT2D eigenvalue weighted by Gasteiger charge is 2.27. The van der Waals surface area contributed by atoms with Gasteiger partial charge in [-0.15, -0.1) is 0 Å². The van der Waals surface area contributed by atoms with E-state index in [-0.39, 0.29) is 37.4 Å². The fourth-order valence-corrected chi connectivity index (χ4v) is 4.66. The molecule has 2 rings (SSSR count). The highest BCUT2D eigenvalue weighted by molar-refractivity contribution is 7.92. The molecule has 0 heterocycles. The van der Waals surface area contributed by atoms with Crippen LogP contribution in [0.5, 0.6) is 0 Å². The molecule has 0 aliphatic rings. The second-order valence-electron chi connectivity index (χ2n) is 8.42.